The topological polar surface area (TPSA) is 66.2 Å². The Hall–Kier alpha value is -1.38. The SMILES string of the molecule is O=C1OCC[C@@H]1Sc1nnc(-c2cccs2)n1C[C@H]1CCCO1. The van der Waals surface area contributed by atoms with Crippen LogP contribution >= 0.6 is 23.1 Å². The van der Waals surface area contributed by atoms with Crippen LogP contribution in [-0.2, 0) is 20.8 Å². The standard InChI is InChI=1S/C15H17N3O3S2/c19-14-12(5-7-21-14)23-15-17-16-13(11-4-2-8-22-11)18(15)9-10-3-1-6-20-10/h2,4,8,10,12H,1,3,5-7,9H2/t10-,12+/m1/s1. The zero-order valence-corrected chi connectivity index (χ0v) is 14.1. The lowest BCUT2D eigenvalue weighted by molar-refractivity contribution is -0.137. The lowest BCUT2D eigenvalue weighted by atomic mass is 10.2. The molecular weight excluding hydrogens is 334 g/mol. The summed E-state index contributed by atoms with van der Waals surface area (Å²) in [7, 11) is 0. The second-order valence-corrected chi connectivity index (χ2v) is 7.71. The van der Waals surface area contributed by atoms with Gasteiger partial charge in [-0.05, 0) is 24.3 Å². The molecule has 0 amide bonds. The number of thiophene rings is 1. The van der Waals surface area contributed by atoms with E-state index in [0.717, 1.165) is 48.3 Å². The summed E-state index contributed by atoms with van der Waals surface area (Å²) in [6, 6.07) is 4.05. The Balaban J connectivity index is 1.63. The van der Waals surface area contributed by atoms with Crippen LogP contribution < -0.4 is 0 Å². The first-order chi connectivity index (χ1) is 11.3. The number of hydrogen-bond acceptors (Lipinski definition) is 7. The summed E-state index contributed by atoms with van der Waals surface area (Å²) >= 11 is 3.09. The van der Waals surface area contributed by atoms with E-state index < -0.39 is 0 Å². The number of cyclic esters (lactones) is 1. The lowest BCUT2D eigenvalue weighted by Gasteiger charge is -2.14. The van der Waals surface area contributed by atoms with Crippen molar-refractivity contribution in [1.29, 1.82) is 0 Å². The van der Waals surface area contributed by atoms with Crippen molar-refractivity contribution < 1.29 is 14.3 Å². The van der Waals surface area contributed by atoms with Gasteiger partial charge in [0.1, 0.15) is 5.25 Å². The van der Waals surface area contributed by atoms with Gasteiger partial charge in [-0.15, -0.1) is 21.5 Å². The molecule has 4 heterocycles. The average molecular weight is 351 g/mol. The van der Waals surface area contributed by atoms with Crippen LogP contribution in [-0.4, -0.2) is 45.3 Å². The Morgan fingerprint density at radius 2 is 2.30 bits per heavy atom. The predicted molar refractivity (Wildman–Crippen MR) is 87.5 cm³/mol. The maximum absolute atomic E-state index is 11.7. The maximum Gasteiger partial charge on any atom is 0.319 e. The van der Waals surface area contributed by atoms with Crippen molar-refractivity contribution in [1.82, 2.24) is 14.8 Å². The molecule has 0 saturated carbocycles. The van der Waals surface area contributed by atoms with E-state index in [1.165, 1.54) is 11.8 Å². The molecule has 2 aromatic rings. The van der Waals surface area contributed by atoms with Crippen molar-refractivity contribution >= 4 is 29.1 Å². The van der Waals surface area contributed by atoms with Gasteiger partial charge in [-0.3, -0.25) is 9.36 Å². The molecule has 0 aliphatic carbocycles. The Bertz CT molecular complexity index is 680. The van der Waals surface area contributed by atoms with Gasteiger partial charge in [-0.2, -0.15) is 0 Å². The molecule has 8 heteroatoms. The van der Waals surface area contributed by atoms with Crippen LogP contribution in [0.1, 0.15) is 19.3 Å². The Labute approximate surface area is 142 Å². The highest BCUT2D eigenvalue weighted by Gasteiger charge is 2.31. The number of ether oxygens (including phenoxy) is 2. The van der Waals surface area contributed by atoms with E-state index in [2.05, 4.69) is 14.8 Å². The van der Waals surface area contributed by atoms with E-state index >= 15 is 0 Å². The van der Waals surface area contributed by atoms with E-state index in [-0.39, 0.29) is 17.3 Å². The van der Waals surface area contributed by atoms with Gasteiger partial charge in [-0.1, -0.05) is 17.8 Å². The molecule has 0 aromatic carbocycles. The quantitative estimate of drug-likeness (QED) is 0.772. The monoisotopic (exact) mass is 351 g/mol. The van der Waals surface area contributed by atoms with Crippen LogP contribution in [0, 0.1) is 0 Å². The predicted octanol–water partition coefficient (Wildman–Crippen LogP) is 2.59. The van der Waals surface area contributed by atoms with Crippen molar-refractivity contribution in [3.05, 3.63) is 17.5 Å². The molecule has 0 bridgehead atoms. The summed E-state index contributed by atoms with van der Waals surface area (Å²) in [6.45, 7) is 2.04. The van der Waals surface area contributed by atoms with E-state index in [1.807, 2.05) is 17.5 Å². The third-order valence-corrected chi connectivity index (χ3v) is 6.09. The van der Waals surface area contributed by atoms with Crippen molar-refractivity contribution in [2.45, 2.75) is 42.3 Å². The minimum atomic E-state index is -0.182. The smallest absolute Gasteiger partial charge is 0.319 e. The first kappa shape index (κ1) is 15.2. The van der Waals surface area contributed by atoms with Gasteiger partial charge >= 0.3 is 5.97 Å². The Morgan fingerprint density at radius 3 is 3.00 bits per heavy atom. The normalized spacial score (nSPS) is 24.3. The van der Waals surface area contributed by atoms with Gasteiger partial charge in [0.2, 0.25) is 0 Å². The highest BCUT2D eigenvalue weighted by atomic mass is 32.2. The van der Waals surface area contributed by atoms with Crippen molar-refractivity contribution in [2.24, 2.45) is 0 Å². The largest absolute Gasteiger partial charge is 0.465 e. The molecule has 2 fully saturated rings. The summed E-state index contributed by atoms with van der Waals surface area (Å²) in [4.78, 5) is 12.8. The van der Waals surface area contributed by atoms with E-state index in [1.54, 1.807) is 11.3 Å². The second kappa shape index (κ2) is 6.62. The summed E-state index contributed by atoms with van der Waals surface area (Å²) < 4.78 is 12.9. The number of rotatable bonds is 5. The Kier molecular flexibility index (Phi) is 4.37. The summed E-state index contributed by atoms with van der Waals surface area (Å²) in [5.41, 5.74) is 0. The summed E-state index contributed by atoms with van der Waals surface area (Å²) in [5, 5.41) is 11.3. The molecule has 23 heavy (non-hydrogen) atoms. The minimum Gasteiger partial charge on any atom is -0.465 e. The number of hydrogen-bond donors (Lipinski definition) is 0. The maximum atomic E-state index is 11.7. The van der Waals surface area contributed by atoms with Gasteiger partial charge in [0, 0.05) is 13.0 Å². The second-order valence-electron chi connectivity index (χ2n) is 5.59. The van der Waals surface area contributed by atoms with Crippen LogP contribution in [0.15, 0.2) is 22.7 Å². The van der Waals surface area contributed by atoms with Crippen LogP contribution in [0.2, 0.25) is 0 Å². The van der Waals surface area contributed by atoms with Gasteiger partial charge in [0.15, 0.2) is 11.0 Å². The lowest BCUT2D eigenvalue weighted by Crippen LogP contribution is -2.18. The van der Waals surface area contributed by atoms with Crippen molar-refractivity contribution in [3.63, 3.8) is 0 Å². The fraction of sp³-hybridized carbons (Fsp3) is 0.533. The molecule has 2 atom stereocenters. The highest BCUT2D eigenvalue weighted by Crippen LogP contribution is 2.33. The molecule has 0 spiro atoms. The average Bonchev–Trinajstić information content (AvgIpc) is 3.31. The molecule has 2 aliphatic rings. The van der Waals surface area contributed by atoms with Crippen molar-refractivity contribution in [2.75, 3.05) is 13.2 Å². The molecule has 6 nitrogen and oxygen atoms in total. The number of carbonyl (C=O) groups excluding carboxylic acids is 1. The molecule has 4 rings (SSSR count). The number of carbonyl (C=O) groups is 1. The van der Waals surface area contributed by atoms with Crippen LogP contribution in [0.25, 0.3) is 10.7 Å². The van der Waals surface area contributed by atoms with Crippen LogP contribution in [0.3, 0.4) is 0 Å². The molecule has 122 valence electrons. The fourth-order valence-electron chi connectivity index (χ4n) is 2.83. The molecule has 2 aliphatic heterocycles. The zero-order chi connectivity index (χ0) is 15.6. The van der Waals surface area contributed by atoms with E-state index in [0.29, 0.717) is 6.61 Å². The van der Waals surface area contributed by atoms with Gasteiger partial charge < -0.3 is 9.47 Å². The number of nitrogens with zero attached hydrogens (tertiary/aromatic N) is 3. The summed E-state index contributed by atoms with van der Waals surface area (Å²) in [5.74, 6) is 0.698. The van der Waals surface area contributed by atoms with Crippen LogP contribution in [0.4, 0.5) is 0 Å². The number of aromatic nitrogens is 3. The molecule has 2 saturated heterocycles. The minimum absolute atomic E-state index is 0.153. The first-order valence-corrected chi connectivity index (χ1v) is 9.49. The zero-order valence-electron chi connectivity index (χ0n) is 12.5. The molecule has 2 aromatic heterocycles. The van der Waals surface area contributed by atoms with E-state index in [4.69, 9.17) is 9.47 Å². The number of esters is 1. The highest BCUT2D eigenvalue weighted by molar-refractivity contribution is 8.00. The van der Waals surface area contributed by atoms with Crippen LogP contribution in [0.5, 0.6) is 0 Å². The molecule has 0 N–H and O–H groups in total. The molecular formula is C15H17N3O3S2. The summed E-state index contributed by atoms with van der Waals surface area (Å²) in [6.07, 6.45) is 3.07. The molecule has 0 unspecified atom stereocenters. The molecule has 0 radical (unpaired) electrons. The third-order valence-electron chi connectivity index (χ3n) is 4.00. The van der Waals surface area contributed by atoms with Gasteiger partial charge in [-0.25, -0.2) is 0 Å². The first-order valence-electron chi connectivity index (χ1n) is 7.73. The Morgan fingerprint density at radius 1 is 1.35 bits per heavy atom. The third kappa shape index (κ3) is 3.15. The van der Waals surface area contributed by atoms with Gasteiger partial charge in [0.25, 0.3) is 0 Å². The number of thioether (sulfide) groups is 1. The van der Waals surface area contributed by atoms with E-state index in [9.17, 15) is 4.79 Å². The van der Waals surface area contributed by atoms with Crippen molar-refractivity contribution in [3.8, 4) is 10.7 Å². The fourth-order valence-corrected chi connectivity index (χ4v) is 4.56. The van der Waals surface area contributed by atoms with Gasteiger partial charge in [0.05, 0.1) is 24.1 Å².